The highest BCUT2D eigenvalue weighted by Crippen LogP contribution is 2.25. The molecule has 0 spiro atoms. The Balaban J connectivity index is 1.77. The van der Waals surface area contributed by atoms with E-state index in [9.17, 15) is 13.2 Å². The second-order valence-electron chi connectivity index (χ2n) is 5.80. The van der Waals surface area contributed by atoms with Crippen molar-refractivity contribution < 1.29 is 17.9 Å². The molecule has 3 aromatic rings. The molecule has 1 amide bonds. The fourth-order valence-electron chi connectivity index (χ4n) is 2.48. The number of carbonyl (C=O) groups excluding carboxylic acids is 1. The van der Waals surface area contributed by atoms with E-state index < -0.39 is 15.9 Å². The molecule has 6 nitrogen and oxygen atoms in total. The number of nitrogens with one attached hydrogen (secondary N) is 2. The van der Waals surface area contributed by atoms with Crippen molar-refractivity contribution in [2.45, 2.75) is 4.90 Å². The fraction of sp³-hybridized carbons (Fsp3) is 0.0500. The molecule has 3 rings (SSSR count). The molecule has 3 aromatic carbocycles. The van der Waals surface area contributed by atoms with Crippen LogP contribution in [0.25, 0.3) is 0 Å². The maximum Gasteiger partial charge on any atom is 0.261 e. The Hall–Kier alpha value is -3.03. The summed E-state index contributed by atoms with van der Waals surface area (Å²) in [6, 6.07) is 19.2. The standard InChI is InChI=1S/C20H17ClN2O4S/c1-27-16-7-5-6-14(12-16)22-20(24)18-11-10-15(13-19(18)21)23-28(25,26)17-8-3-2-4-9-17/h2-13,23H,1H3,(H,22,24). The van der Waals surface area contributed by atoms with Gasteiger partial charge in [-0.15, -0.1) is 0 Å². The summed E-state index contributed by atoms with van der Waals surface area (Å²) in [5.74, 6) is 0.185. The number of ether oxygens (including phenoxy) is 1. The molecule has 144 valence electrons. The second-order valence-corrected chi connectivity index (χ2v) is 7.89. The molecule has 2 N–H and O–H groups in total. The van der Waals surface area contributed by atoms with Gasteiger partial charge in [0.05, 0.1) is 28.3 Å². The number of sulfonamides is 1. The van der Waals surface area contributed by atoms with Gasteiger partial charge in [-0.05, 0) is 42.5 Å². The number of benzene rings is 3. The van der Waals surface area contributed by atoms with E-state index in [1.165, 1.54) is 37.4 Å². The fourth-order valence-corrected chi connectivity index (χ4v) is 3.81. The summed E-state index contributed by atoms with van der Waals surface area (Å²) >= 11 is 6.20. The lowest BCUT2D eigenvalue weighted by atomic mass is 10.2. The number of hydrogen-bond donors (Lipinski definition) is 2. The van der Waals surface area contributed by atoms with E-state index in [1.54, 1.807) is 42.5 Å². The lowest BCUT2D eigenvalue weighted by molar-refractivity contribution is 0.102. The first kappa shape index (κ1) is 19.7. The predicted octanol–water partition coefficient (Wildman–Crippen LogP) is 4.40. The van der Waals surface area contributed by atoms with Crippen LogP contribution in [0, 0.1) is 0 Å². The van der Waals surface area contributed by atoms with E-state index in [4.69, 9.17) is 16.3 Å². The van der Waals surface area contributed by atoms with Crippen LogP contribution in [0.3, 0.4) is 0 Å². The van der Waals surface area contributed by atoms with Gasteiger partial charge in [-0.25, -0.2) is 8.42 Å². The molecule has 8 heteroatoms. The third kappa shape index (κ3) is 4.62. The number of anilines is 2. The van der Waals surface area contributed by atoms with Crippen LogP contribution in [0.2, 0.25) is 5.02 Å². The molecule has 0 bridgehead atoms. The summed E-state index contributed by atoms with van der Waals surface area (Å²) in [6.45, 7) is 0. The lowest BCUT2D eigenvalue weighted by Crippen LogP contribution is -2.14. The van der Waals surface area contributed by atoms with Gasteiger partial charge in [-0.2, -0.15) is 0 Å². The highest BCUT2D eigenvalue weighted by atomic mass is 35.5. The van der Waals surface area contributed by atoms with Crippen molar-refractivity contribution in [1.82, 2.24) is 0 Å². The summed E-state index contributed by atoms with van der Waals surface area (Å²) in [7, 11) is -2.21. The molecule has 0 aliphatic heterocycles. The van der Waals surface area contributed by atoms with Gasteiger partial charge in [0.2, 0.25) is 0 Å². The Morgan fingerprint density at radius 2 is 1.68 bits per heavy atom. The Bertz CT molecular complexity index is 1100. The minimum absolute atomic E-state index is 0.119. The SMILES string of the molecule is COc1cccc(NC(=O)c2ccc(NS(=O)(=O)c3ccccc3)cc2Cl)c1. The first-order chi connectivity index (χ1) is 13.4. The van der Waals surface area contributed by atoms with Crippen LogP contribution in [0.5, 0.6) is 5.75 Å². The normalized spacial score (nSPS) is 10.9. The minimum Gasteiger partial charge on any atom is -0.497 e. The van der Waals surface area contributed by atoms with Gasteiger partial charge in [0.15, 0.2) is 0 Å². The van der Waals surface area contributed by atoms with Gasteiger partial charge in [0.25, 0.3) is 15.9 Å². The summed E-state index contributed by atoms with van der Waals surface area (Å²) in [5, 5.41) is 2.84. The second kappa shape index (κ2) is 8.33. The van der Waals surface area contributed by atoms with Crippen LogP contribution in [0.15, 0.2) is 77.7 Å². The van der Waals surface area contributed by atoms with Gasteiger partial charge in [-0.1, -0.05) is 35.9 Å². The summed E-state index contributed by atoms with van der Waals surface area (Å²) in [4.78, 5) is 12.6. The third-order valence-corrected chi connectivity index (χ3v) is 5.56. The molecule has 0 saturated heterocycles. The van der Waals surface area contributed by atoms with E-state index in [2.05, 4.69) is 10.0 Å². The molecule has 0 fully saturated rings. The van der Waals surface area contributed by atoms with Gasteiger partial charge in [0, 0.05) is 11.8 Å². The molecule has 0 aliphatic rings. The first-order valence-electron chi connectivity index (χ1n) is 8.22. The maximum absolute atomic E-state index is 12.5. The number of hydrogen-bond acceptors (Lipinski definition) is 4. The Morgan fingerprint density at radius 1 is 0.929 bits per heavy atom. The minimum atomic E-state index is -3.74. The smallest absolute Gasteiger partial charge is 0.261 e. The monoisotopic (exact) mass is 416 g/mol. The molecule has 0 aliphatic carbocycles. The van der Waals surface area contributed by atoms with Crippen LogP contribution >= 0.6 is 11.6 Å². The van der Waals surface area contributed by atoms with Crippen LogP contribution in [0.1, 0.15) is 10.4 Å². The predicted molar refractivity (Wildman–Crippen MR) is 110 cm³/mol. The van der Waals surface area contributed by atoms with E-state index in [1.807, 2.05) is 0 Å². The maximum atomic E-state index is 12.5. The topological polar surface area (TPSA) is 84.5 Å². The number of methoxy groups -OCH3 is 1. The van der Waals surface area contributed by atoms with Crippen molar-refractivity contribution in [2.24, 2.45) is 0 Å². The summed E-state index contributed by atoms with van der Waals surface area (Å²) in [5.41, 5.74) is 1.02. The van der Waals surface area contributed by atoms with Crippen LogP contribution in [-0.4, -0.2) is 21.4 Å². The third-order valence-electron chi connectivity index (χ3n) is 3.85. The van der Waals surface area contributed by atoms with Crippen molar-refractivity contribution in [2.75, 3.05) is 17.1 Å². The molecule has 0 atom stereocenters. The summed E-state index contributed by atoms with van der Waals surface area (Å²) in [6.07, 6.45) is 0. The van der Waals surface area contributed by atoms with Gasteiger partial charge < -0.3 is 10.1 Å². The van der Waals surface area contributed by atoms with Crippen molar-refractivity contribution in [3.63, 3.8) is 0 Å². The van der Waals surface area contributed by atoms with Crippen LogP contribution in [-0.2, 0) is 10.0 Å². The van der Waals surface area contributed by atoms with Gasteiger partial charge >= 0.3 is 0 Å². The van der Waals surface area contributed by atoms with Crippen molar-refractivity contribution in [3.05, 3.63) is 83.4 Å². The zero-order valence-corrected chi connectivity index (χ0v) is 16.4. The van der Waals surface area contributed by atoms with Gasteiger partial charge in [-0.3, -0.25) is 9.52 Å². The summed E-state index contributed by atoms with van der Waals surface area (Å²) < 4.78 is 32.3. The van der Waals surface area contributed by atoms with E-state index in [0.717, 1.165) is 0 Å². The van der Waals surface area contributed by atoms with E-state index in [-0.39, 0.29) is 21.2 Å². The van der Waals surface area contributed by atoms with Crippen molar-refractivity contribution in [1.29, 1.82) is 0 Å². The molecule has 0 aromatic heterocycles. The largest absolute Gasteiger partial charge is 0.497 e. The van der Waals surface area contributed by atoms with Crippen molar-refractivity contribution >= 4 is 38.9 Å². The molecule has 0 unspecified atom stereocenters. The van der Waals surface area contributed by atoms with Crippen LogP contribution < -0.4 is 14.8 Å². The van der Waals surface area contributed by atoms with E-state index in [0.29, 0.717) is 11.4 Å². The molecule has 0 radical (unpaired) electrons. The average Bonchev–Trinajstić information content (AvgIpc) is 2.68. The highest BCUT2D eigenvalue weighted by molar-refractivity contribution is 7.92. The highest BCUT2D eigenvalue weighted by Gasteiger charge is 2.16. The number of amides is 1. The number of rotatable bonds is 6. The van der Waals surface area contributed by atoms with Crippen LogP contribution in [0.4, 0.5) is 11.4 Å². The molecule has 0 heterocycles. The zero-order chi connectivity index (χ0) is 20.1. The van der Waals surface area contributed by atoms with Crippen molar-refractivity contribution in [3.8, 4) is 5.75 Å². The molecular formula is C20H17ClN2O4S. The molecule has 0 saturated carbocycles. The molecular weight excluding hydrogens is 400 g/mol. The molecule has 28 heavy (non-hydrogen) atoms. The lowest BCUT2D eigenvalue weighted by Gasteiger charge is -2.11. The first-order valence-corrected chi connectivity index (χ1v) is 10.1. The number of carbonyl (C=O) groups is 1. The van der Waals surface area contributed by atoms with Gasteiger partial charge in [0.1, 0.15) is 5.75 Å². The Kier molecular flexibility index (Phi) is 5.87. The average molecular weight is 417 g/mol. The Labute approximate surface area is 168 Å². The zero-order valence-electron chi connectivity index (χ0n) is 14.8. The van der Waals surface area contributed by atoms with E-state index >= 15 is 0 Å². The quantitative estimate of drug-likeness (QED) is 0.623. The Morgan fingerprint density at radius 3 is 2.36 bits per heavy atom. The number of halogens is 1.